The van der Waals surface area contributed by atoms with Crippen LogP contribution in [0.1, 0.15) is 47.0 Å². The van der Waals surface area contributed by atoms with Crippen LogP contribution in [0.2, 0.25) is 0 Å². The van der Waals surface area contributed by atoms with Crippen molar-refractivity contribution in [2.45, 2.75) is 65.1 Å². The molecule has 4 unspecified atom stereocenters. The van der Waals surface area contributed by atoms with Crippen molar-refractivity contribution >= 4 is 5.91 Å². The minimum Gasteiger partial charge on any atom is -0.378 e. The summed E-state index contributed by atoms with van der Waals surface area (Å²) in [6.07, 6.45) is 2.97. The van der Waals surface area contributed by atoms with Gasteiger partial charge in [0.25, 0.3) is 0 Å². The molecule has 1 rings (SSSR count). The molecular formula is C14H28N2O2. The van der Waals surface area contributed by atoms with E-state index in [1.54, 1.807) is 0 Å². The van der Waals surface area contributed by atoms with E-state index in [9.17, 15) is 4.79 Å². The van der Waals surface area contributed by atoms with Gasteiger partial charge in [-0.2, -0.15) is 0 Å². The lowest BCUT2D eigenvalue weighted by Gasteiger charge is -2.33. The molecule has 0 radical (unpaired) electrons. The third kappa shape index (κ3) is 4.25. The van der Waals surface area contributed by atoms with E-state index in [2.05, 4.69) is 26.1 Å². The van der Waals surface area contributed by atoms with E-state index >= 15 is 0 Å². The van der Waals surface area contributed by atoms with Crippen LogP contribution in [0.4, 0.5) is 0 Å². The van der Waals surface area contributed by atoms with Crippen molar-refractivity contribution in [3.05, 3.63) is 0 Å². The molecule has 1 heterocycles. The van der Waals surface area contributed by atoms with Crippen molar-refractivity contribution in [1.82, 2.24) is 5.32 Å². The number of amides is 1. The zero-order chi connectivity index (χ0) is 13.7. The van der Waals surface area contributed by atoms with Gasteiger partial charge in [-0.1, -0.05) is 34.1 Å². The van der Waals surface area contributed by atoms with Crippen LogP contribution in [-0.2, 0) is 9.53 Å². The van der Waals surface area contributed by atoms with Gasteiger partial charge in [-0.25, -0.2) is 0 Å². The van der Waals surface area contributed by atoms with E-state index in [1.165, 1.54) is 0 Å². The average molecular weight is 256 g/mol. The number of carbonyl (C=O) groups is 1. The first-order valence-corrected chi connectivity index (χ1v) is 7.13. The Morgan fingerprint density at radius 2 is 2.11 bits per heavy atom. The smallest absolute Gasteiger partial charge is 0.237 e. The lowest BCUT2D eigenvalue weighted by atomic mass is 9.94. The number of hydrogen-bond donors (Lipinski definition) is 2. The standard InChI is InChI=1S/C14H28N2O2/c1-5-10(4)13(15)14(17)16-11-6-7-18-12(8-11)9(2)3/h9-13H,5-8,15H2,1-4H3,(H,16,17). The van der Waals surface area contributed by atoms with Crippen LogP contribution in [0.15, 0.2) is 0 Å². The predicted molar refractivity (Wildman–Crippen MR) is 73.2 cm³/mol. The highest BCUT2D eigenvalue weighted by molar-refractivity contribution is 5.82. The van der Waals surface area contributed by atoms with Gasteiger partial charge in [0.2, 0.25) is 5.91 Å². The normalized spacial score (nSPS) is 27.9. The van der Waals surface area contributed by atoms with Gasteiger partial charge in [-0.3, -0.25) is 4.79 Å². The van der Waals surface area contributed by atoms with Gasteiger partial charge in [0, 0.05) is 12.6 Å². The van der Waals surface area contributed by atoms with E-state index in [0.717, 1.165) is 25.9 Å². The van der Waals surface area contributed by atoms with Crippen molar-refractivity contribution in [3.8, 4) is 0 Å². The van der Waals surface area contributed by atoms with Gasteiger partial charge in [-0.05, 0) is 24.7 Å². The van der Waals surface area contributed by atoms with Crippen LogP contribution < -0.4 is 11.1 Å². The van der Waals surface area contributed by atoms with Gasteiger partial charge in [0.1, 0.15) is 0 Å². The summed E-state index contributed by atoms with van der Waals surface area (Å²) in [4.78, 5) is 12.0. The van der Waals surface area contributed by atoms with E-state index < -0.39 is 6.04 Å². The summed E-state index contributed by atoms with van der Waals surface area (Å²) in [5, 5.41) is 3.07. The topological polar surface area (TPSA) is 64.4 Å². The fourth-order valence-electron chi connectivity index (χ4n) is 2.23. The van der Waals surface area contributed by atoms with Crippen LogP contribution in [0, 0.1) is 11.8 Å². The molecular weight excluding hydrogens is 228 g/mol. The van der Waals surface area contributed by atoms with Crippen molar-refractivity contribution < 1.29 is 9.53 Å². The number of rotatable bonds is 5. The van der Waals surface area contributed by atoms with Gasteiger partial charge in [0.15, 0.2) is 0 Å². The fourth-order valence-corrected chi connectivity index (χ4v) is 2.23. The molecule has 1 aliphatic rings. The van der Waals surface area contributed by atoms with E-state index in [-0.39, 0.29) is 24.0 Å². The second-order valence-electron chi connectivity index (χ2n) is 5.79. The molecule has 1 fully saturated rings. The summed E-state index contributed by atoms with van der Waals surface area (Å²) in [6, 6.07) is -0.177. The first-order valence-electron chi connectivity index (χ1n) is 7.13. The van der Waals surface area contributed by atoms with E-state index in [4.69, 9.17) is 10.5 Å². The second kappa shape index (κ2) is 7.10. The van der Waals surface area contributed by atoms with E-state index in [0.29, 0.717) is 5.92 Å². The monoisotopic (exact) mass is 256 g/mol. The van der Waals surface area contributed by atoms with Crippen molar-refractivity contribution in [3.63, 3.8) is 0 Å². The number of carbonyl (C=O) groups excluding carboxylic acids is 1. The summed E-state index contributed by atoms with van der Waals surface area (Å²) in [5.74, 6) is 0.706. The molecule has 1 aliphatic heterocycles. The summed E-state index contributed by atoms with van der Waals surface area (Å²) in [5.41, 5.74) is 5.94. The number of ether oxygens (including phenoxy) is 1. The molecule has 4 heteroatoms. The van der Waals surface area contributed by atoms with Gasteiger partial charge in [-0.15, -0.1) is 0 Å². The van der Waals surface area contributed by atoms with Crippen LogP contribution in [-0.4, -0.2) is 30.7 Å². The molecule has 3 N–H and O–H groups in total. The Hall–Kier alpha value is -0.610. The Morgan fingerprint density at radius 3 is 2.67 bits per heavy atom. The van der Waals surface area contributed by atoms with Crippen LogP contribution in [0.3, 0.4) is 0 Å². The SMILES string of the molecule is CCC(C)C(N)C(=O)NC1CCOC(C(C)C)C1. The first kappa shape index (κ1) is 15.4. The highest BCUT2D eigenvalue weighted by atomic mass is 16.5. The summed E-state index contributed by atoms with van der Waals surface area (Å²) in [7, 11) is 0. The maximum absolute atomic E-state index is 12.0. The zero-order valence-electron chi connectivity index (χ0n) is 12.1. The maximum Gasteiger partial charge on any atom is 0.237 e. The molecule has 4 nitrogen and oxygen atoms in total. The average Bonchev–Trinajstić information content (AvgIpc) is 2.37. The molecule has 0 bridgehead atoms. The molecule has 0 aromatic heterocycles. The third-order valence-corrected chi connectivity index (χ3v) is 3.96. The minimum absolute atomic E-state index is 0.0150. The molecule has 18 heavy (non-hydrogen) atoms. The van der Waals surface area contributed by atoms with Crippen molar-refractivity contribution in [2.24, 2.45) is 17.6 Å². The van der Waals surface area contributed by atoms with Crippen LogP contribution in [0.25, 0.3) is 0 Å². The molecule has 0 spiro atoms. The second-order valence-corrected chi connectivity index (χ2v) is 5.79. The zero-order valence-corrected chi connectivity index (χ0v) is 12.1. The lowest BCUT2D eigenvalue weighted by molar-refractivity contribution is -0.125. The molecule has 4 atom stereocenters. The van der Waals surface area contributed by atoms with Crippen LogP contribution in [0.5, 0.6) is 0 Å². The van der Waals surface area contributed by atoms with Crippen LogP contribution >= 0.6 is 0 Å². The Labute approximate surface area is 111 Å². The molecule has 0 aliphatic carbocycles. The molecule has 0 saturated carbocycles. The fraction of sp³-hybridized carbons (Fsp3) is 0.929. The Kier molecular flexibility index (Phi) is 6.09. The largest absolute Gasteiger partial charge is 0.378 e. The molecule has 0 aromatic rings. The van der Waals surface area contributed by atoms with Gasteiger partial charge >= 0.3 is 0 Å². The Bertz CT molecular complexity index is 269. The van der Waals surface area contributed by atoms with E-state index in [1.807, 2.05) is 6.92 Å². The highest BCUT2D eigenvalue weighted by Gasteiger charge is 2.28. The molecule has 106 valence electrons. The van der Waals surface area contributed by atoms with Gasteiger partial charge in [0.05, 0.1) is 12.1 Å². The Morgan fingerprint density at radius 1 is 1.44 bits per heavy atom. The number of nitrogens with one attached hydrogen (secondary N) is 1. The Balaban J connectivity index is 2.44. The minimum atomic E-state index is -0.393. The van der Waals surface area contributed by atoms with Gasteiger partial charge < -0.3 is 15.8 Å². The quantitative estimate of drug-likeness (QED) is 0.786. The molecule has 1 amide bonds. The van der Waals surface area contributed by atoms with Crippen molar-refractivity contribution in [1.29, 1.82) is 0 Å². The lowest BCUT2D eigenvalue weighted by Crippen LogP contribution is -2.51. The molecule has 1 saturated heterocycles. The number of nitrogens with two attached hydrogens (primary N) is 1. The summed E-state index contributed by atoms with van der Waals surface area (Å²) >= 11 is 0. The maximum atomic E-state index is 12.0. The highest BCUT2D eigenvalue weighted by Crippen LogP contribution is 2.20. The molecule has 0 aromatic carbocycles. The number of hydrogen-bond acceptors (Lipinski definition) is 3. The summed E-state index contributed by atoms with van der Waals surface area (Å²) < 4.78 is 5.70. The van der Waals surface area contributed by atoms with Crippen molar-refractivity contribution in [2.75, 3.05) is 6.61 Å². The summed E-state index contributed by atoms with van der Waals surface area (Å²) in [6.45, 7) is 9.11. The first-order chi connectivity index (χ1) is 8.45. The predicted octanol–water partition coefficient (Wildman–Crippen LogP) is 1.68. The third-order valence-electron chi connectivity index (χ3n) is 3.96.